The number of unbranched alkanes of at least 4 members (excludes halogenated alkanes) is 1. The molecule has 0 radical (unpaired) electrons. The number of epoxide rings is 1. The number of nitrogens with two attached hydrogens (primary N) is 2. The minimum atomic E-state index is -0.779. The summed E-state index contributed by atoms with van der Waals surface area (Å²) in [7, 11) is 0. The second-order valence-corrected chi connectivity index (χ2v) is 6.47. The molecule has 24 heavy (non-hydrogen) atoms. The predicted octanol–water partition coefficient (Wildman–Crippen LogP) is -1.29. The molecule has 2 saturated heterocycles. The first-order chi connectivity index (χ1) is 11.3. The first kappa shape index (κ1) is 18.2. The van der Waals surface area contributed by atoms with Crippen LogP contribution in [0.5, 0.6) is 0 Å². The number of rotatable bonds is 9. The lowest BCUT2D eigenvalue weighted by Crippen LogP contribution is -2.52. The number of morpholine rings is 1. The Kier molecular flexibility index (Phi) is 5.76. The van der Waals surface area contributed by atoms with Crippen molar-refractivity contribution in [2.75, 3.05) is 13.1 Å². The van der Waals surface area contributed by atoms with E-state index in [-0.39, 0.29) is 17.8 Å². The molecular weight excluding hydrogens is 314 g/mol. The van der Waals surface area contributed by atoms with Crippen LogP contribution in [0.1, 0.15) is 33.1 Å². The average Bonchev–Trinajstić information content (AvgIpc) is 3.24. The van der Waals surface area contributed by atoms with E-state index in [0.29, 0.717) is 25.9 Å². The van der Waals surface area contributed by atoms with Crippen LogP contribution >= 0.6 is 0 Å². The van der Waals surface area contributed by atoms with Gasteiger partial charge in [-0.3, -0.25) is 24.3 Å². The lowest BCUT2D eigenvalue weighted by Gasteiger charge is -2.27. The lowest BCUT2D eigenvalue weighted by molar-refractivity contribution is -0.152. The van der Waals surface area contributed by atoms with Crippen molar-refractivity contribution in [2.24, 2.45) is 22.4 Å². The van der Waals surface area contributed by atoms with Gasteiger partial charge >= 0.3 is 0 Å². The van der Waals surface area contributed by atoms with Crippen molar-refractivity contribution in [3.63, 3.8) is 0 Å². The number of nitrogens with one attached hydrogen (secondary N) is 1. The number of imide groups is 1. The molecule has 0 aromatic carbocycles. The molecular formula is C15H25N5O4. The number of guanidine groups is 1. The maximum atomic E-state index is 12.5. The van der Waals surface area contributed by atoms with Crippen LogP contribution in [-0.2, 0) is 19.1 Å². The fraction of sp³-hybridized carbons (Fsp3) is 0.733. The molecule has 0 bridgehead atoms. The number of hydrogen-bond donors (Lipinski definition) is 3. The molecule has 0 aliphatic carbocycles. The van der Waals surface area contributed by atoms with Crippen LogP contribution in [0.25, 0.3) is 0 Å². The van der Waals surface area contributed by atoms with Crippen LogP contribution in [0, 0.1) is 5.92 Å². The highest BCUT2D eigenvalue weighted by Crippen LogP contribution is 2.35. The second kappa shape index (κ2) is 7.61. The Morgan fingerprint density at radius 3 is 2.42 bits per heavy atom. The molecule has 3 amide bonds. The normalized spacial score (nSPS) is 23.2. The number of carbonyl (C=O) groups is 3. The summed E-state index contributed by atoms with van der Waals surface area (Å²) in [6, 6.07) is -0.779. The number of hydrogen-bond acceptors (Lipinski definition) is 5. The molecule has 9 heteroatoms. The number of nitrogens with zero attached hydrogens (tertiary/aromatic N) is 2. The third kappa shape index (κ3) is 4.22. The van der Waals surface area contributed by atoms with Gasteiger partial charge in [-0.25, -0.2) is 0 Å². The zero-order chi connectivity index (χ0) is 17.9. The van der Waals surface area contributed by atoms with E-state index in [1.54, 1.807) is 0 Å². The first-order valence-electron chi connectivity index (χ1n) is 8.18. The smallest absolute Gasteiger partial charge is 0.262 e. The van der Waals surface area contributed by atoms with Crippen molar-refractivity contribution >= 4 is 23.7 Å². The number of aliphatic imine (C=N–C) groups is 1. The van der Waals surface area contributed by atoms with Gasteiger partial charge in [0, 0.05) is 13.1 Å². The molecule has 3 atom stereocenters. The second-order valence-electron chi connectivity index (χ2n) is 6.47. The number of likely N-dealkylation sites (tertiary alicyclic amines) is 1. The molecule has 134 valence electrons. The third-order valence-corrected chi connectivity index (χ3v) is 3.94. The Labute approximate surface area is 140 Å². The van der Waals surface area contributed by atoms with Gasteiger partial charge in [0.15, 0.2) is 18.2 Å². The van der Waals surface area contributed by atoms with E-state index in [1.165, 1.54) is 0 Å². The maximum absolute atomic E-state index is 12.5. The Morgan fingerprint density at radius 2 is 1.88 bits per heavy atom. The highest BCUT2D eigenvalue weighted by Gasteiger charge is 2.63. The minimum Gasteiger partial charge on any atom is -0.370 e. The van der Waals surface area contributed by atoms with Crippen LogP contribution < -0.4 is 16.8 Å². The van der Waals surface area contributed by atoms with E-state index in [1.807, 2.05) is 13.8 Å². The summed E-state index contributed by atoms with van der Waals surface area (Å²) in [5.41, 5.74) is 10.5. The predicted molar refractivity (Wildman–Crippen MR) is 86.7 cm³/mol. The zero-order valence-corrected chi connectivity index (χ0v) is 14.0. The fourth-order valence-electron chi connectivity index (χ4n) is 2.73. The van der Waals surface area contributed by atoms with Gasteiger partial charge in [-0.2, -0.15) is 0 Å². The van der Waals surface area contributed by atoms with Gasteiger partial charge in [-0.15, -0.1) is 0 Å². The van der Waals surface area contributed by atoms with Crippen molar-refractivity contribution in [3.05, 3.63) is 0 Å². The molecule has 2 aliphatic rings. The number of amides is 3. The largest absolute Gasteiger partial charge is 0.370 e. The van der Waals surface area contributed by atoms with Gasteiger partial charge in [0.25, 0.3) is 11.8 Å². The molecule has 2 heterocycles. The summed E-state index contributed by atoms with van der Waals surface area (Å²) in [5, 5.41) is 2.79. The minimum absolute atomic E-state index is 0.0443. The molecule has 5 N–H and O–H groups in total. The summed E-state index contributed by atoms with van der Waals surface area (Å²) in [4.78, 5) is 41.6. The summed E-state index contributed by atoms with van der Waals surface area (Å²) in [5.74, 6) is -0.908. The van der Waals surface area contributed by atoms with Crippen LogP contribution in [-0.4, -0.2) is 59.9 Å². The summed E-state index contributed by atoms with van der Waals surface area (Å²) in [6.45, 7) is 4.82. The highest BCUT2D eigenvalue weighted by atomic mass is 16.6. The van der Waals surface area contributed by atoms with E-state index in [9.17, 15) is 14.4 Å². The Balaban J connectivity index is 1.86. The molecule has 0 saturated carbocycles. The first-order valence-corrected chi connectivity index (χ1v) is 8.18. The summed E-state index contributed by atoms with van der Waals surface area (Å²) < 4.78 is 4.98. The lowest BCUT2D eigenvalue weighted by atomic mass is 10.0. The van der Waals surface area contributed by atoms with Gasteiger partial charge in [-0.1, -0.05) is 13.8 Å². The Bertz CT molecular complexity index is 524. The van der Waals surface area contributed by atoms with E-state index in [4.69, 9.17) is 16.2 Å². The van der Waals surface area contributed by atoms with E-state index >= 15 is 0 Å². The number of carbonyl (C=O) groups excluding carboxylic acids is 3. The Hall–Kier alpha value is -2.16. The van der Waals surface area contributed by atoms with Crippen molar-refractivity contribution in [1.82, 2.24) is 10.2 Å². The van der Waals surface area contributed by atoms with Gasteiger partial charge < -0.3 is 21.5 Å². The summed E-state index contributed by atoms with van der Waals surface area (Å²) >= 11 is 0. The number of fused-ring (bicyclic) bond motifs is 1. The van der Waals surface area contributed by atoms with Crippen LogP contribution in [0.3, 0.4) is 0 Å². The zero-order valence-electron chi connectivity index (χ0n) is 14.0. The molecule has 0 aromatic rings. The molecule has 9 nitrogen and oxygen atoms in total. The van der Waals surface area contributed by atoms with Gasteiger partial charge in [-0.05, 0) is 25.2 Å². The quantitative estimate of drug-likeness (QED) is 0.157. The molecule has 2 aliphatic heterocycles. The molecule has 2 rings (SSSR count). The van der Waals surface area contributed by atoms with E-state index < -0.39 is 30.1 Å². The molecule has 2 unspecified atom stereocenters. The monoisotopic (exact) mass is 339 g/mol. The number of ether oxygens (including phenoxy) is 1. The van der Waals surface area contributed by atoms with Crippen molar-refractivity contribution in [2.45, 2.75) is 51.4 Å². The highest BCUT2D eigenvalue weighted by molar-refractivity contribution is 6.13. The standard InChI is InChI=1S/C15H25N5O4/c1-8(2)7-9(20-13(22)10-11(24-10)14(20)23)12(21)18-5-3-4-6-19-15(16)17/h8-11H,3-7H2,1-2H3,(H,18,21)(H4,16,17,19)/t9-,10?,11?/m0/s1. The molecule has 2 fully saturated rings. The van der Waals surface area contributed by atoms with Crippen LogP contribution in [0.2, 0.25) is 0 Å². The van der Waals surface area contributed by atoms with E-state index in [0.717, 1.165) is 11.3 Å². The molecule has 0 aromatic heterocycles. The van der Waals surface area contributed by atoms with Crippen LogP contribution in [0.15, 0.2) is 4.99 Å². The van der Waals surface area contributed by atoms with Crippen molar-refractivity contribution in [3.8, 4) is 0 Å². The third-order valence-electron chi connectivity index (χ3n) is 3.94. The van der Waals surface area contributed by atoms with Gasteiger partial charge in [0.1, 0.15) is 6.04 Å². The van der Waals surface area contributed by atoms with Crippen LogP contribution in [0.4, 0.5) is 0 Å². The average molecular weight is 339 g/mol. The SMILES string of the molecule is CC(C)C[C@@H](C(=O)NCCCCN=C(N)N)N1C(=O)C2OC2C1=O. The summed E-state index contributed by atoms with van der Waals surface area (Å²) in [6.07, 6.45) is 0.496. The van der Waals surface area contributed by atoms with E-state index in [2.05, 4.69) is 10.3 Å². The maximum Gasteiger partial charge on any atom is 0.262 e. The Morgan fingerprint density at radius 1 is 1.25 bits per heavy atom. The van der Waals surface area contributed by atoms with Crippen molar-refractivity contribution in [1.29, 1.82) is 0 Å². The van der Waals surface area contributed by atoms with Crippen molar-refractivity contribution < 1.29 is 19.1 Å². The molecule has 0 spiro atoms. The van der Waals surface area contributed by atoms with Gasteiger partial charge in [0.05, 0.1) is 0 Å². The topological polar surface area (TPSA) is 143 Å². The van der Waals surface area contributed by atoms with Gasteiger partial charge in [0.2, 0.25) is 5.91 Å². The fourth-order valence-corrected chi connectivity index (χ4v) is 2.73.